The molecule has 140 valence electrons. The predicted octanol–water partition coefficient (Wildman–Crippen LogP) is 1.63. The summed E-state index contributed by atoms with van der Waals surface area (Å²) in [6.07, 6.45) is 0.175. The zero-order valence-electron chi connectivity index (χ0n) is 14.7. The molecule has 25 heavy (non-hydrogen) atoms. The number of nitrogens with one attached hydrogen (secondary N) is 1. The van der Waals surface area contributed by atoms with E-state index in [4.69, 9.17) is 9.47 Å². The van der Waals surface area contributed by atoms with Gasteiger partial charge in [0.25, 0.3) is 0 Å². The van der Waals surface area contributed by atoms with Crippen molar-refractivity contribution in [3.05, 3.63) is 29.8 Å². The normalized spacial score (nSPS) is 16.0. The Morgan fingerprint density at radius 1 is 1.24 bits per heavy atom. The number of ether oxygens (including phenoxy) is 2. The van der Waals surface area contributed by atoms with Crippen LogP contribution in [0.2, 0.25) is 0 Å². The maximum absolute atomic E-state index is 12.5. The summed E-state index contributed by atoms with van der Waals surface area (Å²) in [6.45, 7) is 6.39. The lowest BCUT2D eigenvalue weighted by Crippen LogP contribution is -2.40. The summed E-state index contributed by atoms with van der Waals surface area (Å²) < 4.78 is 36.7. The van der Waals surface area contributed by atoms with E-state index < -0.39 is 16.1 Å². The predicted molar refractivity (Wildman–Crippen MR) is 93.9 cm³/mol. The van der Waals surface area contributed by atoms with Crippen LogP contribution in [0.5, 0.6) is 0 Å². The summed E-state index contributed by atoms with van der Waals surface area (Å²) in [5.74, 6) is 0.298. The first-order valence-corrected chi connectivity index (χ1v) is 9.91. The second kappa shape index (κ2) is 9.17. The number of alkyl carbamates (subject to hydrolysis) is 1. The fourth-order valence-corrected chi connectivity index (χ4v) is 3.77. The molecule has 0 spiro atoms. The van der Waals surface area contributed by atoms with Crippen molar-refractivity contribution in [3.8, 4) is 0 Å². The monoisotopic (exact) mass is 370 g/mol. The van der Waals surface area contributed by atoms with E-state index in [1.807, 2.05) is 13.8 Å². The Morgan fingerprint density at radius 2 is 1.88 bits per heavy atom. The lowest BCUT2D eigenvalue weighted by molar-refractivity contribution is 0.0730. The molecule has 1 aromatic rings. The van der Waals surface area contributed by atoms with Crippen molar-refractivity contribution in [3.63, 3.8) is 0 Å². The highest BCUT2D eigenvalue weighted by Crippen LogP contribution is 2.17. The summed E-state index contributed by atoms with van der Waals surface area (Å²) in [6, 6.07) is 6.76. The third-order valence-electron chi connectivity index (χ3n) is 3.76. The minimum atomic E-state index is -3.46. The third kappa shape index (κ3) is 5.98. The largest absolute Gasteiger partial charge is 0.449 e. The molecule has 8 heteroatoms. The van der Waals surface area contributed by atoms with Gasteiger partial charge in [-0.2, -0.15) is 4.31 Å². The van der Waals surface area contributed by atoms with Gasteiger partial charge >= 0.3 is 6.09 Å². The highest BCUT2D eigenvalue weighted by atomic mass is 32.2. The van der Waals surface area contributed by atoms with Crippen molar-refractivity contribution >= 4 is 16.1 Å². The second-order valence-electron chi connectivity index (χ2n) is 6.33. The number of morpholine rings is 1. The second-order valence-corrected chi connectivity index (χ2v) is 8.27. The Kier molecular flexibility index (Phi) is 7.22. The zero-order valence-corrected chi connectivity index (χ0v) is 15.5. The van der Waals surface area contributed by atoms with Crippen molar-refractivity contribution in [1.82, 2.24) is 9.62 Å². The van der Waals surface area contributed by atoms with Crippen molar-refractivity contribution in [1.29, 1.82) is 0 Å². The molecule has 0 bridgehead atoms. The van der Waals surface area contributed by atoms with Crippen LogP contribution < -0.4 is 5.32 Å². The first kappa shape index (κ1) is 19.7. The van der Waals surface area contributed by atoms with Crippen LogP contribution in [0.25, 0.3) is 0 Å². The smallest absolute Gasteiger partial charge is 0.407 e. The summed E-state index contributed by atoms with van der Waals surface area (Å²) in [4.78, 5) is 11.8. The van der Waals surface area contributed by atoms with Gasteiger partial charge < -0.3 is 14.8 Å². The number of carbonyl (C=O) groups is 1. The quantitative estimate of drug-likeness (QED) is 0.789. The summed E-state index contributed by atoms with van der Waals surface area (Å²) in [5.41, 5.74) is 0.949. The zero-order chi connectivity index (χ0) is 18.3. The summed E-state index contributed by atoms with van der Waals surface area (Å²) >= 11 is 0. The van der Waals surface area contributed by atoms with E-state index in [1.54, 1.807) is 24.3 Å². The van der Waals surface area contributed by atoms with Gasteiger partial charge in [-0.05, 0) is 30.0 Å². The van der Waals surface area contributed by atoms with Crippen LogP contribution in [0.4, 0.5) is 4.79 Å². The number of amides is 1. The van der Waals surface area contributed by atoms with E-state index in [-0.39, 0.29) is 4.90 Å². The molecular weight excluding hydrogens is 344 g/mol. The Labute approximate surface area is 149 Å². The number of carbonyl (C=O) groups excluding carboxylic acids is 1. The van der Waals surface area contributed by atoms with E-state index in [9.17, 15) is 13.2 Å². The first-order valence-electron chi connectivity index (χ1n) is 8.47. The number of rotatable bonds is 7. The molecule has 1 N–H and O–H groups in total. The first-order chi connectivity index (χ1) is 11.9. The van der Waals surface area contributed by atoms with Crippen molar-refractivity contribution in [2.75, 3.05) is 39.5 Å². The number of nitrogens with zero attached hydrogens (tertiary/aromatic N) is 1. The number of hydrogen-bond acceptors (Lipinski definition) is 5. The van der Waals surface area contributed by atoms with Gasteiger partial charge in [-0.3, -0.25) is 0 Å². The lowest BCUT2D eigenvalue weighted by atomic mass is 10.1. The third-order valence-corrected chi connectivity index (χ3v) is 5.67. The maximum Gasteiger partial charge on any atom is 0.407 e. The van der Waals surface area contributed by atoms with Crippen molar-refractivity contribution < 1.29 is 22.7 Å². The minimum absolute atomic E-state index is 0.280. The van der Waals surface area contributed by atoms with Crippen LogP contribution in [0, 0.1) is 5.92 Å². The molecule has 0 aromatic heterocycles. The van der Waals surface area contributed by atoms with Crippen molar-refractivity contribution in [2.24, 2.45) is 5.92 Å². The number of sulfonamides is 1. The molecule has 1 aliphatic heterocycles. The van der Waals surface area contributed by atoms with Crippen LogP contribution in [0.15, 0.2) is 29.2 Å². The van der Waals surface area contributed by atoms with Gasteiger partial charge in [0.2, 0.25) is 10.0 Å². The van der Waals surface area contributed by atoms with Gasteiger partial charge in [-0.1, -0.05) is 26.0 Å². The molecule has 0 radical (unpaired) electrons. The SMILES string of the molecule is CC(C)COC(=O)NCCc1ccc(S(=O)(=O)N2CCOCC2)cc1. The highest BCUT2D eigenvalue weighted by molar-refractivity contribution is 7.89. The van der Waals surface area contributed by atoms with E-state index in [0.29, 0.717) is 51.8 Å². The van der Waals surface area contributed by atoms with Crippen LogP contribution in [-0.4, -0.2) is 58.3 Å². The van der Waals surface area contributed by atoms with Gasteiger partial charge in [0.1, 0.15) is 0 Å². The standard InChI is InChI=1S/C17H26N2O5S/c1-14(2)13-24-17(20)18-8-7-15-3-5-16(6-4-15)25(21,22)19-9-11-23-12-10-19/h3-6,14H,7-13H2,1-2H3,(H,18,20). The van der Waals surface area contributed by atoms with E-state index in [1.165, 1.54) is 4.31 Å². The summed E-state index contributed by atoms with van der Waals surface area (Å²) in [7, 11) is -3.46. The van der Waals surface area contributed by atoms with Gasteiger partial charge in [-0.15, -0.1) is 0 Å². The fourth-order valence-electron chi connectivity index (χ4n) is 2.37. The molecule has 1 amide bonds. The topological polar surface area (TPSA) is 84.9 Å². The average molecular weight is 370 g/mol. The number of hydrogen-bond donors (Lipinski definition) is 1. The van der Waals surface area contributed by atoms with Gasteiger partial charge in [0.05, 0.1) is 24.7 Å². The van der Waals surface area contributed by atoms with Gasteiger partial charge in [0, 0.05) is 19.6 Å². The fraction of sp³-hybridized carbons (Fsp3) is 0.588. The molecular formula is C17H26N2O5S. The van der Waals surface area contributed by atoms with E-state index in [2.05, 4.69) is 5.32 Å². The average Bonchev–Trinajstić information content (AvgIpc) is 2.61. The van der Waals surface area contributed by atoms with Crippen LogP contribution in [0.1, 0.15) is 19.4 Å². The van der Waals surface area contributed by atoms with Crippen LogP contribution in [-0.2, 0) is 25.9 Å². The molecule has 7 nitrogen and oxygen atoms in total. The molecule has 1 aromatic carbocycles. The molecule has 0 unspecified atom stereocenters. The van der Waals surface area contributed by atoms with E-state index >= 15 is 0 Å². The molecule has 0 atom stereocenters. The van der Waals surface area contributed by atoms with Crippen LogP contribution in [0.3, 0.4) is 0 Å². The molecule has 1 fully saturated rings. The minimum Gasteiger partial charge on any atom is -0.449 e. The molecule has 0 aliphatic carbocycles. The summed E-state index contributed by atoms with van der Waals surface area (Å²) in [5, 5.41) is 2.68. The lowest BCUT2D eigenvalue weighted by Gasteiger charge is -2.26. The van der Waals surface area contributed by atoms with E-state index in [0.717, 1.165) is 5.56 Å². The number of benzene rings is 1. The van der Waals surface area contributed by atoms with Gasteiger partial charge in [0.15, 0.2) is 0 Å². The molecule has 1 saturated heterocycles. The van der Waals surface area contributed by atoms with Crippen molar-refractivity contribution in [2.45, 2.75) is 25.2 Å². The Balaban J connectivity index is 1.84. The van der Waals surface area contributed by atoms with Gasteiger partial charge in [-0.25, -0.2) is 13.2 Å². The Morgan fingerprint density at radius 3 is 2.48 bits per heavy atom. The molecule has 2 rings (SSSR count). The molecule has 1 aliphatic rings. The maximum atomic E-state index is 12.5. The van der Waals surface area contributed by atoms with Crippen LogP contribution >= 0.6 is 0 Å². The highest BCUT2D eigenvalue weighted by Gasteiger charge is 2.25. The molecule has 0 saturated carbocycles. The Bertz CT molecular complexity index is 652. The molecule has 1 heterocycles. The Hall–Kier alpha value is -1.64.